The molecule has 1 fully saturated rings. The van der Waals surface area contributed by atoms with Gasteiger partial charge in [-0.2, -0.15) is 0 Å². The molecule has 0 radical (unpaired) electrons. The van der Waals surface area contributed by atoms with Crippen LogP contribution in [-0.4, -0.2) is 57.8 Å². The van der Waals surface area contributed by atoms with Crippen molar-refractivity contribution in [3.63, 3.8) is 0 Å². The highest BCUT2D eigenvalue weighted by molar-refractivity contribution is 5.79. The van der Waals surface area contributed by atoms with E-state index in [2.05, 4.69) is 32.7 Å². The fraction of sp³-hybridized carbons (Fsp3) is 0.591. The number of nitrogens with one attached hydrogen (secondary N) is 2. The van der Waals surface area contributed by atoms with Gasteiger partial charge in [-0.05, 0) is 69.5 Å². The van der Waals surface area contributed by atoms with Crippen molar-refractivity contribution in [2.45, 2.75) is 52.6 Å². The van der Waals surface area contributed by atoms with Gasteiger partial charge in [0.05, 0.1) is 0 Å². The highest BCUT2D eigenvalue weighted by Crippen LogP contribution is 2.15. The topological polar surface area (TPSA) is 70.4 Å². The van der Waals surface area contributed by atoms with Gasteiger partial charge in [-0.3, -0.25) is 4.90 Å². The molecule has 3 rings (SSSR count). The Morgan fingerprint density at radius 3 is 2.80 bits per heavy atom. The van der Waals surface area contributed by atoms with Crippen LogP contribution in [0.2, 0.25) is 0 Å². The summed E-state index contributed by atoms with van der Waals surface area (Å²) in [6.45, 7) is 10.4. The van der Waals surface area contributed by atoms with Crippen LogP contribution in [0.15, 0.2) is 23.2 Å². The zero-order valence-corrected chi connectivity index (χ0v) is 18.6. The molecule has 0 saturated carbocycles. The van der Waals surface area contributed by atoms with E-state index in [-0.39, 0.29) is 5.82 Å². The lowest BCUT2D eigenvalue weighted by Crippen LogP contribution is -2.45. The van der Waals surface area contributed by atoms with Crippen LogP contribution >= 0.6 is 0 Å². The third-order valence-electron chi connectivity index (χ3n) is 5.96. The third kappa shape index (κ3) is 5.78. The van der Waals surface area contributed by atoms with Crippen LogP contribution < -0.4 is 10.6 Å². The number of hydrogen-bond acceptors (Lipinski definition) is 4. The minimum Gasteiger partial charge on any atom is -0.356 e. The lowest BCUT2D eigenvalue weighted by molar-refractivity contribution is 0.267. The average molecular weight is 416 g/mol. The number of rotatable bonds is 8. The van der Waals surface area contributed by atoms with Crippen LogP contribution in [-0.2, 0) is 20.0 Å². The number of likely N-dealkylation sites (N-methyl/N-ethyl adjacent to an activating group) is 1. The summed E-state index contributed by atoms with van der Waals surface area (Å²) in [5.41, 5.74) is 2.11. The van der Waals surface area contributed by atoms with E-state index in [9.17, 15) is 4.39 Å². The first-order valence-corrected chi connectivity index (χ1v) is 10.8. The summed E-state index contributed by atoms with van der Waals surface area (Å²) >= 11 is 0. The Balaban J connectivity index is 1.61. The molecular formula is C22H34FN7. The van der Waals surface area contributed by atoms with Gasteiger partial charge in [-0.25, -0.2) is 9.38 Å². The summed E-state index contributed by atoms with van der Waals surface area (Å²) in [6.07, 6.45) is 3.27. The van der Waals surface area contributed by atoms with E-state index in [1.165, 1.54) is 25.5 Å². The maximum absolute atomic E-state index is 13.3. The number of aryl methyl sites for hydroxylation is 2. The van der Waals surface area contributed by atoms with Gasteiger partial charge in [0.15, 0.2) is 11.8 Å². The Labute approximate surface area is 178 Å². The number of halogens is 1. The Morgan fingerprint density at radius 2 is 2.10 bits per heavy atom. The van der Waals surface area contributed by atoms with E-state index in [0.29, 0.717) is 12.6 Å². The molecule has 164 valence electrons. The van der Waals surface area contributed by atoms with Crippen LogP contribution in [0.1, 0.15) is 42.5 Å². The largest absolute Gasteiger partial charge is 0.356 e. The van der Waals surface area contributed by atoms with Gasteiger partial charge in [0, 0.05) is 26.2 Å². The van der Waals surface area contributed by atoms with Crippen LogP contribution in [0.25, 0.3) is 0 Å². The van der Waals surface area contributed by atoms with Crippen molar-refractivity contribution >= 4 is 5.96 Å². The molecule has 2 N–H and O–H groups in total. The van der Waals surface area contributed by atoms with E-state index in [0.717, 1.165) is 54.8 Å². The summed E-state index contributed by atoms with van der Waals surface area (Å²) in [6, 6.07) is 5.50. The predicted octanol–water partition coefficient (Wildman–Crippen LogP) is 2.33. The number of benzene rings is 1. The maximum atomic E-state index is 13.3. The first-order valence-electron chi connectivity index (χ1n) is 10.8. The number of aliphatic imine (C=N–C) groups is 1. The van der Waals surface area contributed by atoms with E-state index in [4.69, 9.17) is 4.99 Å². The molecule has 0 amide bonds. The molecular weight excluding hydrogens is 381 g/mol. The highest BCUT2D eigenvalue weighted by Gasteiger charge is 2.22. The second kappa shape index (κ2) is 10.5. The summed E-state index contributed by atoms with van der Waals surface area (Å²) < 4.78 is 15.3. The molecule has 2 aromatic rings. The Morgan fingerprint density at radius 1 is 1.27 bits per heavy atom. The van der Waals surface area contributed by atoms with E-state index in [1.807, 2.05) is 31.5 Å². The number of aromatic nitrogens is 3. The fourth-order valence-corrected chi connectivity index (χ4v) is 3.93. The quantitative estimate of drug-likeness (QED) is 0.512. The van der Waals surface area contributed by atoms with E-state index >= 15 is 0 Å². The van der Waals surface area contributed by atoms with Crippen molar-refractivity contribution < 1.29 is 4.39 Å². The number of guanidine groups is 1. The normalized spacial score (nSPS) is 17.5. The molecule has 8 heteroatoms. The lowest BCUT2D eigenvalue weighted by Gasteiger charge is -2.24. The van der Waals surface area contributed by atoms with Crippen LogP contribution in [0.5, 0.6) is 0 Å². The Kier molecular flexibility index (Phi) is 7.79. The average Bonchev–Trinajstić information content (AvgIpc) is 3.32. The standard InChI is InChI=1S/C22H34FN7/c1-5-30-12-6-7-20(30)14-25-22(26-15-21-28-27-17(3)29(21)4)24-11-10-18-8-9-19(23)13-16(18)2/h8-9,13,20H,5-7,10-12,14-15H2,1-4H3,(H2,24,25,26). The van der Waals surface area contributed by atoms with Crippen molar-refractivity contribution in [2.24, 2.45) is 12.0 Å². The molecule has 1 saturated heterocycles. The summed E-state index contributed by atoms with van der Waals surface area (Å²) in [4.78, 5) is 7.25. The number of hydrogen-bond donors (Lipinski definition) is 2. The van der Waals surface area contributed by atoms with Gasteiger partial charge in [-0.15, -0.1) is 10.2 Å². The maximum Gasteiger partial charge on any atom is 0.191 e. The zero-order chi connectivity index (χ0) is 21.5. The molecule has 1 aromatic carbocycles. The molecule has 1 aromatic heterocycles. The van der Waals surface area contributed by atoms with Gasteiger partial charge in [0.1, 0.15) is 18.2 Å². The predicted molar refractivity (Wildman–Crippen MR) is 118 cm³/mol. The second-order valence-corrected chi connectivity index (χ2v) is 7.94. The smallest absolute Gasteiger partial charge is 0.191 e. The Bertz CT molecular complexity index is 861. The second-order valence-electron chi connectivity index (χ2n) is 7.94. The molecule has 1 aliphatic rings. The van der Waals surface area contributed by atoms with Crippen molar-refractivity contribution in [1.29, 1.82) is 0 Å². The molecule has 0 spiro atoms. The van der Waals surface area contributed by atoms with Crippen molar-refractivity contribution in [3.8, 4) is 0 Å². The number of likely N-dealkylation sites (tertiary alicyclic amines) is 1. The SMILES string of the molecule is CCN1CCCC1CNC(=NCc1nnc(C)n1C)NCCc1ccc(F)cc1C. The molecule has 2 heterocycles. The molecule has 0 aliphatic carbocycles. The van der Waals surface area contributed by atoms with Gasteiger partial charge >= 0.3 is 0 Å². The van der Waals surface area contributed by atoms with Crippen molar-refractivity contribution in [1.82, 2.24) is 30.3 Å². The Hall–Kier alpha value is -2.48. The number of nitrogens with zero attached hydrogens (tertiary/aromatic N) is 5. The van der Waals surface area contributed by atoms with Crippen molar-refractivity contribution in [3.05, 3.63) is 46.8 Å². The van der Waals surface area contributed by atoms with Gasteiger partial charge in [0.2, 0.25) is 0 Å². The molecule has 1 atom stereocenters. The van der Waals surface area contributed by atoms with Crippen LogP contribution in [0, 0.1) is 19.7 Å². The van der Waals surface area contributed by atoms with Gasteiger partial charge < -0.3 is 15.2 Å². The fourth-order valence-electron chi connectivity index (χ4n) is 3.93. The monoisotopic (exact) mass is 415 g/mol. The highest BCUT2D eigenvalue weighted by atomic mass is 19.1. The minimum absolute atomic E-state index is 0.191. The molecule has 1 unspecified atom stereocenters. The van der Waals surface area contributed by atoms with Crippen molar-refractivity contribution in [2.75, 3.05) is 26.2 Å². The minimum atomic E-state index is -0.191. The zero-order valence-electron chi connectivity index (χ0n) is 18.6. The third-order valence-corrected chi connectivity index (χ3v) is 5.96. The van der Waals surface area contributed by atoms with E-state index in [1.54, 1.807) is 6.07 Å². The van der Waals surface area contributed by atoms with E-state index < -0.39 is 0 Å². The summed E-state index contributed by atoms with van der Waals surface area (Å²) in [5.74, 6) is 2.29. The van der Waals surface area contributed by atoms with Gasteiger partial charge in [-0.1, -0.05) is 13.0 Å². The molecule has 0 bridgehead atoms. The van der Waals surface area contributed by atoms with Crippen LogP contribution in [0.3, 0.4) is 0 Å². The molecule has 30 heavy (non-hydrogen) atoms. The first-order chi connectivity index (χ1) is 14.5. The molecule has 7 nitrogen and oxygen atoms in total. The van der Waals surface area contributed by atoms with Crippen LogP contribution in [0.4, 0.5) is 4.39 Å². The summed E-state index contributed by atoms with van der Waals surface area (Å²) in [7, 11) is 1.95. The lowest BCUT2D eigenvalue weighted by atomic mass is 10.1. The molecule has 1 aliphatic heterocycles. The van der Waals surface area contributed by atoms with Gasteiger partial charge in [0.25, 0.3) is 0 Å². The first kappa shape index (κ1) is 22.2. The summed E-state index contributed by atoms with van der Waals surface area (Å²) in [5, 5.41) is 15.3.